The molecule has 6 aliphatic rings. The molecule has 36 heavy (non-hydrogen) atoms. The molecule has 0 aromatic rings. The summed E-state index contributed by atoms with van der Waals surface area (Å²) in [6, 6.07) is -0.504. The van der Waals surface area contributed by atoms with Crippen LogP contribution in [0.25, 0.3) is 0 Å². The molecule has 2 amide bonds. The molecule has 2 unspecified atom stereocenters. The SMILES string of the molecule is CC(C)[C@@H](C(=O)O)N1C(=O)CCC1=O.COC1=C2O[C@H]3C(=O)C=C[C@H]4[C@H]5CC(C=C1)C2[C@@]34CCN5C. The summed E-state index contributed by atoms with van der Waals surface area (Å²) in [6.07, 6.45) is 10.4. The van der Waals surface area contributed by atoms with E-state index in [-0.39, 0.29) is 47.9 Å². The number of carbonyl (C=O) groups excluding carboxylic acids is 3. The number of allylic oxidation sites excluding steroid dienone is 3. The summed E-state index contributed by atoms with van der Waals surface area (Å²) < 4.78 is 11.8. The quantitative estimate of drug-likeness (QED) is 0.587. The van der Waals surface area contributed by atoms with E-state index in [0.717, 1.165) is 35.8 Å². The van der Waals surface area contributed by atoms with Crippen LogP contribution in [0.4, 0.5) is 0 Å². The van der Waals surface area contributed by atoms with Crippen molar-refractivity contribution in [1.29, 1.82) is 0 Å². The molecule has 0 aromatic carbocycles. The van der Waals surface area contributed by atoms with E-state index in [2.05, 4.69) is 24.1 Å². The molecular formula is C27H34N2O7. The summed E-state index contributed by atoms with van der Waals surface area (Å²) in [5.41, 5.74) is -0.0597. The van der Waals surface area contributed by atoms with Gasteiger partial charge in [-0.1, -0.05) is 26.0 Å². The number of hydrogen-bond donors (Lipinski definition) is 1. The first-order valence-corrected chi connectivity index (χ1v) is 12.7. The average molecular weight is 499 g/mol. The second-order valence-corrected chi connectivity index (χ2v) is 11.0. The zero-order chi connectivity index (χ0) is 25.9. The van der Waals surface area contributed by atoms with Gasteiger partial charge in [0.1, 0.15) is 11.8 Å². The van der Waals surface area contributed by atoms with Crippen LogP contribution >= 0.6 is 0 Å². The summed E-state index contributed by atoms with van der Waals surface area (Å²) in [7, 11) is 3.91. The zero-order valence-electron chi connectivity index (χ0n) is 21.2. The van der Waals surface area contributed by atoms with Gasteiger partial charge in [0.25, 0.3) is 0 Å². The summed E-state index contributed by atoms with van der Waals surface area (Å²) in [5.74, 6) is 0.923. The minimum atomic E-state index is -1.12. The van der Waals surface area contributed by atoms with E-state index in [1.807, 2.05) is 6.08 Å². The molecule has 7 atom stereocenters. The van der Waals surface area contributed by atoms with Gasteiger partial charge in [0.05, 0.1) is 7.11 Å². The van der Waals surface area contributed by atoms with E-state index in [0.29, 0.717) is 23.8 Å². The van der Waals surface area contributed by atoms with E-state index in [9.17, 15) is 19.2 Å². The van der Waals surface area contributed by atoms with Gasteiger partial charge in [0.15, 0.2) is 17.6 Å². The largest absolute Gasteiger partial charge is 0.493 e. The Kier molecular flexibility index (Phi) is 6.09. The van der Waals surface area contributed by atoms with Gasteiger partial charge < -0.3 is 19.5 Å². The number of nitrogens with zero attached hydrogens (tertiary/aromatic N) is 2. The normalized spacial score (nSPS) is 37.0. The van der Waals surface area contributed by atoms with Gasteiger partial charge in [-0.2, -0.15) is 0 Å². The minimum absolute atomic E-state index is 0.0597. The number of methoxy groups -OCH3 is 1. The molecule has 0 aromatic heterocycles. The van der Waals surface area contributed by atoms with Crippen LogP contribution in [0.3, 0.4) is 0 Å². The molecule has 6 rings (SSSR count). The molecule has 194 valence electrons. The lowest BCUT2D eigenvalue weighted by molar-refractivity contribution is -0.156. The number of aliphatic carboxylic acids is 1. The van der Waals surface area contributed by atoms with Crippen LogP contribution in [0.5, 0.6) is 0 Å². The molecule has 4 fully saturated rings. The van der Waals surface area contributed by atoms with Crippen LogP contribution < -0.4 is 0 Å². The first-order valence-electron chi connectivity index (χ1n) is 12.7. The summed E-state index contributed by atoms with van der Waals surface area (Å²) >= 11 is 0. The van der Waals surface area contributed by atoms with E-state index in [1.54, 1.807) is 27.0 Å². The first-order chi connectivity index (χ1) is 17.1. The minimum Gasteiger partial charge on any atom is -0.493 e. The fourth-order valence-electron chi connectivity index (χ4n) is 7.43. The van der Waals surface area contributed by atoms with Gasteiger partial charge in [-0.05, 0) is 50.4 Å². The predicted octanol–water partition coefficient (Wildman–Crippen LogP) is 2.14. The molecule has 9 heteroatoms. The number of likely N-dealkylation sites (tertiary alicyclic amines) is 2. The Morgan fingerprint density at radius 1 is 1.17 bits per heavy atom. The van der Waals surface area contributed by atoms with Gasteiger partial charge >= 0.3 is 5.97 Å². The monoisotopic (exact) mass is 498 g/mol. The maximum absolute atomic E-state index is 12.6. The molecule has 0 radical (unpaired) electrons. The molecule has 9 nitrogen and oxygen atoms in total. The van der Waals surface area contributed by atoms with E-state index < -0.39 is 12.0 Å². The number of piperidine rings is 1. The lowest BCUT2D eigenvalue weighted by Gasteiger charge is -2.59. The highest BCUT2D eigenvalue weighted by atomic mass is 16.5. The second-order valence-electron chi connectivity index (χ2n) is 11.0. The number of rotatable bonds is 4. The first kappa shape index (κ1) is 24.7. The highest BCUT2D eigenvalue weighted by Crippen LogP contribution is 2.66. The van der Waals surface area contributed by atoms with Crippen molar-refractivity contribution in [2.75, 3.05) is 20.7 Å². The number of amides is 2. The highest BCUT2D eigenvalue weighted by Gasteiger charge is 2.69. The van der Waals surface area contributed by atoms with Crippen molar-refractivity contribution in [2.24, 2.45) is 29.1 Å². The predicted molar refractivity (Wildman–Crippen MR) is 128 cm³/mol. The summed E-state index contributed by atoms with van der Waals surface area (Å²) in [4.78, 5) is 49.3. The molecule has 3 aliphatic carbocycles. The number of hydrogen-bond acceptors (Lipinski definition) is 7. The Balaban J connectivity index is 0.000000166. The Labute approximate surface area is 210 Å². The number of carboxylic acid groups (broad SMARTS) is 1. The average Bonchev–Trinajstić information content (AvgIpc) is 3.35. The van der Waals surface area contributed by atoms with Crippen molar-refractivity contribution >= 4 is 23.6 Å². The second kappa shape index (κ2) is 8.87. The van der Waals surface area contributed by atoms with Gasteiger partial charge in [0.2, 0.25) is 11.8 Å². The van der Waals surface area contributed by atoms with Crippen molar-refractivity contribution in [3.63, 3.8) is 0 Å². The van der Waals surface area contributed by atoms with Gasteiger partial charge in [-0.15, -0.1) is 0 Å². The smallest absolute Gasteiger partial charge is 0.327 e. The third-order valence-corrected chi connectivity index (χ3v) is 8.97. The molecule has 1 saturated carbocycles. The molecule has 3 saturated heterocycles. The van der Waals surface area contributed by atoms with Crippen LogP contribution in [0.2, 0.25) is 0 Å². The zero-order valence-corrected chi connectivity index (χ0v) is 21.2. The molecule has 3 aliphatic heterocycles. The fourth-order valence-corrected chi connectivity index (χ4v) is 7.43. The molecule has 1 spiro atoms. The number of ketones is 1. The Morgan fingerprint density at radius 2 is 1.86 bits per heavy atom. The Morgan fingerprint density at radius 3 is 2.47 bits per heavy atom. The van der Waals surface area contributed by atoms with Crippen molar-refractivity contribution in [3.8, 4) is 0 Å². The van der Waals surface area contributed by atoms with Gasteiger partial charge in [-0.25, -0.2) is 4.79 Å². The maximum Gasteiger partial charge on any atom is 0.327 e. The Bertz CT molecular complexity index is 1080. The Hall–Kier alpha value is -2.94. The molecular weight excluding hydrogens is 464 g/mol. The van der Waals surface area contributed by atoms with Crippen LogP contribution in [0.1, 0.15) is 39.5 Å². The maximum atomic E-state index is 12.6. The van der Waals surface area contributed by atoms with E-state index >= 15 is 0 Å². The van der Waals surface area contributed by atoms with Crippen LogP contribution in [-0.2, 0) is 28.7 Å². The summed E-state index contributed by atoms with van der Waals surface area (Å²) in [6.45, 7) is 4.40. The number of ether oxygens (including phenoxy) is 2. The lowest BCUT2D eigenvalue weighted by Crippen LogP contribution is -2.64. The van der Waals surface area contributed by atoms with Crippen LogP contribution in [0.15, 0.2) is 35.8 Å². The highest BCUT2D eigenvalue weighted by molar-refractivity contribution is 6.04. The van der Waals surface area contributed by atoms with Gasteiger partial charge in [-0.3, -0.25) is 19.3 Å². The lowest BCUT2D eigenvalue weighted by atomic mass is 9.48. The van der Waals surface area contributed by atoms with Crippen LogP contribution in [0, 0.1) is 29.1 Å². The van der Waals surface area contributed by atoms with Crippen molar-refractivity contribution in [3.05, 3.63) is 35.8 Å². The topological polar surface area (TPSA) is 113 Å². The molecule has 1 N–H and O–H groups in total. The van der Waals surface area contributed by atoms with E-state index in [4.69, 9.17) is 14.6 Å². The number of carboxylic acids is 1. The van der Waals surface area contributed by atoms with Crippen molar-refractivity contribution < 1.29 is 33.8 Å². The van der Waals surface area contributed by atoms with E-state index in [1.165, 1.54) is 0 Å². The van der Waals surface area contributed by atoms with Crippen LogP contribution in [-0.4, -0.2) is 77.4 Å². The summed E-state index contributed by atoms with van der Waals surface area (Å²) in [5, 5.41) is 8.89. The number of imide groups is 1. The molecule has 2 bridgehead atoms. The standard InChI is InChI=1S/C18H21NO3.C9H13NO4/c1-19-8-7-18-11-4-5-13(20)17(18)22-16-14(21-2)6-3-10(15(16)18)9-12(11)19;1-5(2)8(9(13)14)10-6(11)3-4-7(10)12/h3-6,10-12,15,17H,7-9H2,1-2H3;5,8H,3-4H2,1-2H3,(H,13,14)/t10?,11-,12+,15?,17-,18-;8-/m00/s1. The van der Waals surface area contributed by atoms with Crippen molar-refractivity contribution in [2.45, 2.75) is 57.7 Å². The third-order valence-electron chi connectivity index (χ3n) is 8.97. The third kappa shape index (κ3) is 3.46. The van der Waals surface area contributed by atoms with Gasteiger partial charge in [0, 0.05) is 36.1 Å². The number of carbonyl (C=O) groups is 4. The molecule has 3 heterocycles. The fraction of sp³-hybridized carbons (Fsp3) is 0.630. The van der Waals surface area contributed by atoms with Crippen molar-refractivity contribution in [1.82, 2.24) is 9.80 Å².